The van der Waals surface area contributed by atoms with Crippen LogP contribution in [0.15, 0.2) is 24.3 Å². The second-order valence-corrected chi connectivity index (χ2v) is 5.49. The molecule has 0 radical (unpaired) electrons. The predicted octanol–water partition coefficient (Wildman–Crippen LogP) is 2.35. The first-order valence-corrected chi connectivity index (χ1v) is 6.72. The molecule has 3 nitrogen and oxygen atoms in total. The van der Waals surface area contributed by atoms with E-state index < -0.39 is 0 Å². The number of halogens is 1. The van der Waals surface area contributed by atoms with E-state index in [0.29, 0.717) is 11.6 Å². The minimum atomic E-state index is -0.244. The van der Waals surface area contributed by atoms with E-state index in [-0.39, 0.29) is 11.3 Å². The summed E-state index contributed by atoms with van der Waals surface area (Å²) in [5.41, 5.74) is 0.719. The van der Waals surface area contributed by atoms with E-state index in [4.69, 9.17) is 11.6 Å². The third-order valence-electron chi connectivity index (χ3n) is 3.65. The molecule has 0 atom stereocenters. The molecule has 1 amide bonds. The number of rotatable bonds is 3. The summed E-state index contributed by atoms with van der Waals surface area (Å²) in [6.07, 6.45) is 1.78. The Morgan fingerprint density at radius 3 is 2.72 bits per heavy atom. The molecule has 98 valence electrons. The minimum Gasteiger partial charge on any atom is -0.351 e. The molecule has 1 aliphatic rings. The molecule has 0 unspecified atom stereocenters. The summed E-state index contributed by atoms with van der Waals surface area (Å²) in [5, 5.41) is 6.98. The zero-order valence-corrected chi connectivity index (χ0v) is 11.4. The van der Waals surface area contributed by atoms with E-state index >= 15 is 0 Å². The van der Waals surface area contributed by atoms with Gasteiger partial charge in [0, 0.05) is 17.0 Å². The Hall–Kier alpha value is -1.06. The third kappa shape index (κ3) is 3.03. The van der Waals surface area contributed by atoms with Crippen LogP contribution in [0.25, 0.3) is 0 Å². The lowest BCUT2D eigenvalue weighted by atomic mass is 9.80. The van der Waals surface area contributed by atoms with Gasteiger partial charge in [-0.25, -0.2) is 0 Å². The monoisotopic (exact) mass is 266 g/mol. The summed E-state index contributed by atoms with van der Waals surface area (Å²) >= 11 is 6.07. The molecule has 1 aliphatic heterocycles. The van der Waals surface area contributed by atoms with Crippen LogP contribution in [0, 0.1) is 5.41 Å². The van der Waals surface area contributed by atoms with Crippen molar-refractivity contribution in [1.82, 2.24) is 10.6 Å². The molecule has 1 heterocycles. The Morgan fingerprint density at radius 1 is 1.39 bits per heavy atom. The number of piperidine rings is 1. The summed E-state index contributed by atoms with van der Waals surface area (Å²) in [5.74, 6) is 0.129. The zero-order valence-electron chi connectivity index (χ0n) is 10.6. The highest BCUT2D eigenvalue weighted by Crippen LogP contribution is 2.28. The Morgan fingerprint density at radius 2 is 2.06 bits per heavy atom. The average molecular weight is 267 g/mol. The van der Waals surface area contributed by atoms with Crippen molar-refractivity contribution in [2.45, 2.75) is 26.3 Å². The second kappa shape index (κ2) is 5.72. The van der Waals surface area contributed by atoms with E-state index in [1.807, 2.05) is 31.2 Å². The summed E-state index contributed by atoms with van der Waals surface area (Å²) in [4.78, 5) is 12.2. The molecule has 0 bridgehead atoms. The van der Waals surface area contributed by atoms with Gasteiger partial charge in [-0.2, -0.15) is 0 Å². The largest absolute Gasteiger partial charge is 0.351 e. The minimum absolute atomic E-state index is 0.129. The highest BCUT2D eigenvalue weighted by Gasteiger charge is 2.34. The zero-order chi connectivity index (χ0) is 13.0. The van der Waals surface area contributed by atoms with Crippen LogP contribution < -0.4 is 10.6 Å². The quantitative estimate of drug-likeness (QED) is 0.882. The summed E-state index contributed by atoms with van der Waals surface area (Å²) < 4.78 is 0. The fraction of sp³-hybridized carbons (Fsp3) is 0.500. The van der Waals surface area contributed by atoms with E-state index in [9.17, 15) is 4.79 Å². The third-order valence-corrected chi connectivity index (χ3v) is 4.02. The summed E-state index contributed by atoms with van der Waals surface area (Å²) in [6, 6.07) is 7.60. The molecule has 4 heteroatoms. The molecule has 2 N–H and O–H groups in total. The van der Waals surface area contributed by atoms with Crippen molar-refractivity contribution in [3.8, 4) is 0 Å². The first-order valence-electron chi connectivity index (χ1n) is 6.34. The highest BCUT2D eigenvalue weighted by atomic mass is 35.5. The molecule has 1 aromatic rings. The maximum Gasteiger partial charge on any atom is 0.226 e. The molecule has 2 rings (SSSR count). The van der Waals surface area contributed by atoms with Gasteiger partial charge in [0.15, 0.2) is 0 Å². The molecule has 1 fully saturated rings. The van der Waals surface area contributed by atoms with Crippen LogP contribution in [0.4, 0.5) is 0 Å². The van der Waals surface area contributed by atoms with Crippen LogP contribution in [-0.2, 0) is 11.3 Å². The summed E-state index contributed by atoms with van der Waals surface area (Å²) in [7, 11) is 0. The lowest BCUT2D eigenvalue weighted by Gasteiger charge is -2.32. The van der Waals surface area contributed by atoms with Crippen LogP contribution >= 0.6 is 11.6 Å². The maximum atomic E-state index is 12.2. The number of carbonyl (C=O) groups excluding carboxylic acids is 1. The molecule has 1 aromatic carbocycles. The second-order valence-electron chi connectivity index (χ2n) is 5.08. The number of carbonyl (C=O) groups is 1. The highest BCUT2D eigenvalue weighted by molar-refractivity contribution is 6.31. The van der Waals surface area contributed by atoms with Crippen molar-refractivity contribution in [1.29, 1.82) is 0 Å². The molecular formula is C14H19ClN2O. The van der Waals surface area contributed by atoms with E-state index in [1.165, 1.54) is 0 Å². The fourth-order valence-corrected chi connectivity index (χ4v) is 2.44. The Labute approximate surface area is 113 Å². The van der Waals surface area contributed by atoms with Gasteiger partial charge in [0.1, 0.15) is 0 Å². The van der Waals surface area contributed by atoms with Gasteiger partial charge in [-0.3, -0.25) is 4.79 Å². The number of amides is 1. The SMILES string of the molecule is CC1(C(=O)NCc2ccccc2Cl)CCNCC1. The summed E-state index contributed by atoms with van der Waals surface area (Å²) in [6.45, 7) is 4.36. The van der Waals surface area contributed by atoms with Crippen molar-refractivity contribution in [2.75, 3.05) is 13.1 Å². The van der Waals surface area contributed by atoms with E-state index in [2.05, 4.69) is 10.6 Å². The normalized spacial score (nSPS) is 18.3. The van der Waals surface area contributed by atoms with Gasteiger partial charge in [0.2, 0.25) is 5.91 Å². The van der Waals surface area contributed by atoms with Gasteiger partial charge in [-0.1, -0.05) is 36.7 Å². The Balaban J connectivity index is 1.94. The van der Waals surface area contributed by atoms with Gasteiger partial charge in [0.05, 0.1) is 0 Å². The van der Waals surface area contributed by atoms with Gasteiger partial charge in [0.25, 0.3) is 0 Å². The lowest BCUT2D eigenvalue weighted by molar-refractivity contribution is -0.131. The van der Waals surface area contributed by atoms with Crippen molar-refractivity contribution in [2.24, 2.45) is 5.41 Å². The first kappa shape index (κ1) is 13.4. The van der Waals surface area contributed by atoms with E-state index in [1.54, 1.807) is 0 Å². The molecule has 18 heavy (non-hydrogen) atoms. The fourth-order valence-electron chi connectivity index (χ4n) is 2.24. The van der Waals surface area contributed by atoms with Gasteiger partial charge < -0.3 is 10.6 Å². The molecule has 0 aromatic heterocycles. The predicted molar refractivity (Wildman–Crippen MR) is 73.5 cm³/mol. The first-order chi connectivity index (χ1) is 8.62. The molecule has 1 saturated heterocycles. The number of nitrogens with one attached hydrogen (secondary N) is 2. The Bertz CT molecular complexity index is 428. The smallest absolute Gasteiger partial charge is 0.226 e. The average Bonchev–Trinajstić information content (AvgIpc) is 2.38. The van der Waals surface area contributed by atoms with Crippen LogP contribution in [0.1, 0.15) is 25.3 Å². The topological polar surface area (TPSA) is 41.1 Å². The number of hydrogen-bond acceptors (Lipinski definition) is 2. The Kier molecular flexibility index (Phi) is 4.25. The van der Waals surface area contributed by atoms with Crippen LogP contribution in [0.2, 0.25) is 5.02 Å². The van der Waals surface area contributed by atoms with Gasteiger partial charge in [-0.05, 0) is 37.6 Å². The van der Waals surface area contributed by atoms with Crippen LogP contribution in [-0.4, -0.2) is 19.0 Å². The standard InChI is InChI=1S/C14H19ClN2O/c1-14(6-8-16-9-7-14)13(18)17-10-11-4-2-3-5-12(11)15/h2-5,16H,6-10H2,1H3,(H,17,18). The number of benzene rings is 1. The van der Waals surface area contributed by atoms with Crippen molar-refractivity contribution >= 4 is 17.5 Å². The van der Waals surface area contributed by atoms with Crippen LogP contribution in [0.5, 0.6) is 0 Å². The van der Waals surface area contributed by atoms with Crippen molar-refractivity contribution in [3.63, 3.8) is 0 Å². The molecular weight excluding hydrogens is 248 g/mol. The lowest BCUT2D eigenvalue weighted by Crippen LogP contribution is -2.45. The number of hydrogen-bond donors (Lipinski definition) is 2. The van der Waals surface area contributed by atoms with Gasteiger partial charge >= 0.3 is 0 Å². The molecule has 0 spiro atoms. The van der Waals surface area contributed by atoms with Gasteiger partial charge in [-0.15, -0.1) is 0 Å². The molecule has 0 aliphatic carbocycles. The van der Waals surface area contributed by atoms with Crippen LogP contribution in [0.3, 0.4) is 0 Å². The van der Waals surface area contributed by atoms with Crippen molar-refractivity contribution in [3.05, 3.63) is 34.9 Å². The van der Waals surface area contributed by atoms with Crippen molar-refractivity contribution < 1.29 is 4.79 Å². The molecule has 0 saturated carbocycles. The van der Waals surface area contributed by atoms with E-state index in [0.717, 1.165) is 31.5 Å². The maximum absolute atomic E-state index is 12.2.